The summed E-state index contributed by atoms with van der Waals surface area (Å²) in [5, 5.41) is 8.61. The maximum absolute atomic E-state index is 10.5. The van der Waals surface area contributed by atoms with E-state index in [1.54, 1.807) is 0 Å². The van der Waals surface area contributed by atoms with Gasteiger partial charge in [0, 0.05) is 0 Å². The summed E-state index contributed by atoms with van der Waals surface area (Å²) in [7, 11) is 0. The Kier molecular flexibility index (Phi) is 4.48. The van der Waals surface area contributed by atoms with Crippen LogP contribution in [0.2, 0.25) is 0 Å². The molecule has 0 saturated carbocycles. The van der Waals surface area contributed by atoms with E-state index >= 15 is 0 Å². The number of esters is 1. The molecule has 0 aliphatic heterocycles. The van der Waals surface area contributed by atoms with E-state index in [0.717, 1.165) is 0 Å². The van der Waals surface area contributed by atoms with Crippen molar-refractivity contribution in [1.82, 2.24) is 0 Å². The minimum Gasteiger partial charge on any atom is -0.459 e. The van der Waals surface area contributed by atoms with Gasteiger partial charge in [-0.2, -0.15) is 0 Å². The van der Waals surface area contributed by atoms with Gasteiger partial charge in [-0.05, 0) is 6.92 Å². The van der Waals surface area contributed by atoms with Gasteiger partial charge >= 0.3 is 5.97 Å². The van der Waals surface area contributed by atoms with Gasteiger partial charge in [-0.1, -0.05) is 34.8 Å². The summed E-state index contributed by atoms with van der Waals surface area (Å²) < 4.78 is 2.76. The van der Waals surface area contributed by atoms with E-state index in [1.165, 1.54) is 6.92 Å². The number of aliphatic hydroxyl groups excluding tert-OH is 1. The van der Waals surface area contributed by atoms with E-state index in [2.05, 4.69) is 4.74 Å². The maximum Gasteiger partial charge on any atom is 0.334 e. The highest BCUT2D eigenvalue weighted by atomic mass is 35.6. The first-order valence-electron chi connectivity index (χ1n) is 2.74. The van der Waals surface area contributed by atoms with Crippen molar-refractivity contribution in [2.45, 2.75) is 16.8 Å². The lowest BCUT2D eigenvalue weighted by molar-refractivity contribution is -0.152. The molecule has 66 valence electrons. The van der Waals surface area contributed by atoms with Gasteiger partial charge in [0.1, 0.15) is 12.7 Å². The molecule has 0 aromatic rings. The third-order valence-electron chi connectivity index (χ3n) is 0.719. The second-order valence-electron chi connectivity index (χ2n) is 1.90. The number of alkyl halides is 3. The predicted octanol–water partition coefficient (Wildman–Crippen LogP) is 1.28. The van der Waals surface area contributed by atoms with Crippen LogP contribution in [-0.2, 0) is 9.53 Å². The molecule has 1 atom stereocenters. The topological polar surface area (TPSA) is 46.5 Å². The van der Waals surface area contributed by atoms with Gasteiger partial charge in [-0.15, -0.1) is 0 Å². The molecule has 0 spiro atoms. The average Bonchev–Trinajstić information content (AvgIpc) is 1.80. The third-order valence-corrected chi connectivity index (χ3v) is 1.05. The Morgan fingerprint density at radius 1 is 1.64 bits per heavy atom. The van der Waals surface area contributed by atoms with Crippen molar-refractivity contribution in [1.29, 1.82) is 0 Å². The van der Waals surface area contributed by atoms with E-state index in [9.17, 15) is 4.79 Å². The van der Waals surface area contributed by atoms with Crippen LogP contribution in [0.5, 0.6) is 0 Å². The molecule has 1 unspecified atom stereocenters. The van der Waals surface area contributed by atoms with Crippen molar-refractivity contribution in [2.75, 3.05) is 6.61 Å². The first kappa shape index (κ1) is 11.3. The smallest absolute Gasteiger partial charge is 0.334 e. The molecule has 1 N–H and O–H groups in total. The quantitative estimate of drug-likeness (QED) is 0.564. The molecule has 0 aliphatic rings. The fraction of sp³-hybridized carbons (Fsp3) is 0.800. The van der Waals surface area contributed by atoms with Crippen LogP contribution in [0.3, 0.4) is 0 Å². The van der Waals surface area contributed by atoms with Gasteiger partial charge in [0.2, 0.25) is 3.79 Å². The zero-order valence-corrected chi connectivity index (χ0v) is 7.95. The van der Waals surface area contributed by atoms with Crippen LogP contribution in [0.1, 0.15) is 6.92 Å². The van der Waals surface area contributed by atoms with Gasteiger partial charge in [0.15, 0.2) is 0 Å². The SMILES string of the molecule is CC(O)C(=O)OCC(Cl)(Cl)Cl. The highest BCUT2D eigenvalue weighted by Crippen LogP contribution is 2.25. The minimum atomic E-state index is -1.62. The van der Waals surface area contributed by atoms with Crippen LogP contribution in [0, 0.1) is 0 Å². The Morgan fingerprint density at radius 2 is 2.09 bits per heavy atom. The molecule has 0 rings (SSSR count). The molecule has 0 aromatic carbocycles. The second kappa shape index (κ2) is 4.36. The second-order valence-corrected chi connectivity index (χ2v) is 4.41. The molecule has 0 saturated heterocycles. The molecule has 0 heterocycles. The summed E-state index contributed by atoms with van der Waals surface area (Å²) >= 11 is 15.8. The van der Waals surface area contributed by atoms with Crippen LogP contribution < -0.4 is 0 Å². The highest BCUT2D eigenvalue weighted by Gasteiger charge is 2.23. The van der Waals surface area contributed by atoms with E-state index in [-0.39, 0.29) is 6.61 Å². The summed E-state index contributed by atoms with van der Waals surface area (Å²) in [6, 6.07) is 0. The molecule has 0 radical (unpaired) electrons. The van der Waals surface area contributed by atoms with Gasteiger partial charge in [-0.25, -0.2) is 4.79 Å². The van der Waals surface area contributed by atoms with Crippen molar-refractivity contribution in [3.8, 4) is 0 Å². The monoisotopic (exact) mass is 220 g/mol. The zero-order valence-electron chi connectivity index (χ0n) is 5.68. The Hall–Kier alpha value is 0.300. The number of hydrogen-bond acceptors (Lipinski definition) is 3. The summed E-state index contributed by atoms with van der Waals surface area (Å²) in [4.78, 5) is 10.5. The molecular weight excluding hydrogens is 214 g/mol. The third kappa shape index (κ3) is 6.69. The molecule has 6 heteroatoms. The van der Waals surface area contributed by atoms with Crippen molar-refractivity contribution >= 4 is 40.8 Å². The van der Waals surface area contributed by atoms with Gasteiger partial charge in [0.25, 0.3) is 0 Å². The number of carbonyl (C=O) groups excluding carboxylic acids is 1. The molecule has 0 aliphatic carbocycles. The first-order valence-corrected chi connectivity index (χ1v) is 3.88. The lowest BCUT2D eigenvalue weighted by Gasteiger charge is -2.11. The van der Waals surface area contributed by atoms with Crippen LogP contribution in [0.4, 0.5) is 0 Å². The van der Waals surface area contributed by atoms with Gasteiger partial charge in [0.05, 0.1) is 0 Å². The molecular formula is C5H7Cl3O3. The molecule has 11 heavy (non-hydrogen) atoms. The Morgan fingerprint density at radius 3 is 2.36 bits per heavy atom. The van der Waals surface area contributed by atoms with E-state index in [1.807, 2.05) is 0 Å². The summed E-state index contributed by atoms with van der Waals surface area (Å²) in [6.07, 6.45) is -1.19. The average molecular weight is 221 g/mol. The standard InChI is InChI=1S/C5H7Cl3O3/c1-3(9)4(10)11-2-5(6,7)8/h3,9H,2H2,1H3. The lowest BCUT2D eigenvalue weighted by Crippen LogP contribution is -2.24. The van der Waals surface area contributed by atoms with Crippen LogP contribution in [0.15, 0.2) is 0 Å². The minimum absolute atomic E-state index is 0.360. The van der Waals surface area contributed by atoms with E-state index in [0.29, 0.717) is 0 Å². The molecule has 0 fully saturated rings. The fourth-order valence-corrected chi connectivity index (χ4v) is 0.437. The molecule has 0 aromatic heterocycles. The van der Waals surface area contributed by atoms with Crippen LogP contribution in [0.25, 0.3) is 0 Å². The van der Waals surface area contributed by atoms with Crippen LogP contribution in [-0.4, -0.2) is 27.6 Å². The van der Waals surface area contributed by atoms with Crippen molar-refractivity contribution in [3.05, 3.63) is 0 Å². The van der Waals surface area contributed by atoms with Crippen LogP contribution >= 0.6 is 34.8 Å². The molecule has 3 nitrogen and oxygen atoms in total. The summed E-state index contributed by atoms with van der Waals surface area (Å²) in [6.45, 7) is 0.905. The number of ether oxygens (including phenoxy) is 1. The van der Waals surface area contributed by atoms with Crippen molar-refractivity contribution < 1.29 is 14.6 Å². The number of aliphatic hydroxyl groups is 1. The zero-order chi connectivity index (χ0) is 9.07. The number of hydrogen-bond donors (Lipinski definition) is 1. The number of rotatable bonds is 2. The lowest BCUT2D eigenvalue weighted by atomic mass is 10.4. The Bertz CT molecular complexity index is 140. The largest absolute Gasteiger partial charge is 0.459 e. The predicted molar refractivity (Wildman–Crippen MR) is 42.9 cm³/mol. The maximum atomic E-state index is 10.5. The molecule has 0 bridgehead atoms. The summed E-state index contributed by atoms with van der Waals surface area (Å²) in [5.74, 6) is -0.809. The summed E-state index contributed by atoms with van der Waals surface area (Å²) in [5.41, 5.74) is 0. The fourth-order valence-electron chi connectivity index (χ4n) is 0.274. The Labute approximate surface area is 79.2 Å². The Balaban J connectivity index is 3.64. The van der Waals surface area contributed by atoms with Crippen molar-refractivity contribution in [3.63, 3.8) is 0 Å². The van der Waals surface area contributed by atoms with Gasteiger partial charge < -0.3 is 9.84 Å². The normalized spacial score (nSPS) is 14.3. The first-order chi connectivity index (χ1) is 4.83. The van der Waals surface area contributed by atoms with E-state index < -0.39 is 15.9 Å². The highest BCUT2D eigenvalue weighted by molar-refractivity contribution is 6.67. The van der Waals surface area contributed by atoms with Crippen molar-refractivity contribution in [2.24, 2.45) is 0 Å². The van der Waals surface area contributed by atoms with Gasteiger partial charge in [-0.3, -0.25) is 0 Å². The van der Waals surface area contributed by atoms with E-state index in [4.69, 9.17) is 39.9 Å². The number of halogens is 3. The molecule has 0 amide bonds. The number of carbonyl (C=O) groups is 1.